The Bertz CT molecular complexity index is 442. The van der Waals surface area contributed by atoms with Gasteiger partial charge >= 0.3 is 0 Å². The molecule has 0 unspecified atom stereocenters. The maximum Gasteiger partial charge on any atom is 0.265 e. The second kappa shape index (κ2) is 3.29. The lowest BCUT2D eigenvalue weighted by Crippen LogP contribution is -2.43. The summed E-state index contributed by atoms with van der Waals surface area (Å²) in [4.78, 5) is 11.9. The van der Waals surface area contributed by atoms with Gasteiger partial charge in [-0.25, -0.2) is 0 Å². The molecular weight excluding hydrogens is 296 g/mol. The van der Waals surface area contributed by atoms with Crippen molar-refractivity contribution in [1.29, 1.82) is 0 Å². The van der Waals surface area contributed by atoms with E-state index >= 15 is 0 Å². The molecule has 0 radical (unpaired) electrons. The molecule has 0 aromatic carbocycles. The van der Waals surface area contributed by atoms with Crippen molar-refractivity contribution >= 4 is 31.8 Å². The molecule has 2 aliphatic carbocycles. The van der Waals surface area contributed by atoms with Gasteiger partial charge in [-0.05, 0) is 24.2 Å². The van der Waals surface area contributed by atoms with Crippen LogP contribution in [-0.2, 0) is 14.9 Å². The highest BCUT2D eigenvalue weighted by molar-refractivity contribution is 9.10. The molecule has 0 saturated heterocycles. The standard InChI is InChI=1S/C10H15BrO4S/c1-9(2)6-3-4-10(9,5-16(13,14)15)8(12)7(6)11/h6-7H,3-5H2,1-2H3,(H,13,14,15)/t6-,7+,10+/m0/s1. The topological polar surface area (TPSA) is 71.4 Å². The molecule has 3 atom stereocenters. The highest BCUT2D eigenvalue weighted by Crippen LogP contribution is 2.65. The van der Waals surface area contributed by atoms with Crippen LogP contribution in [0, 0.1) is 16.7 Å². The molecular formula is C10H15BrO4S. The van der Waals surface area contributed by atoms with Crippen LogP contribution in [0.2, 0.25) is 0 Å². The average molecular weight is 311 g/mol. The Morgan fingerprint density at radius 2 is 2.06 bits per heavy atom. The molecule has 6 heteroatoms. The zero-order valence-corrected chi connectivity index (χ0v) is 11.6. The molecule has 1 N–H and O–H groups in total. The van der Waals surface area contributed by atoms with Crippen molar-refractivity contribution in [2.24, 2.45) is 16.7 Å². The van der Waals surface area contributed by atoms with Gasteiger partial charge in [0.2, 0.25) is 0 Å². The van der Waals surface area contributed by atoms with E-state index < -0.39 is 21.3 Å². The predicted molar refractivity (Wildman–Crippen MR) is 63.1 cm³/mol. The van der Waals surface area contributed by atoms with Crippen LogP contribution in [-0.4, -0.2) is 29.3 Å². The summed E-state index contributed by atoms with van der Waals surface area (Å²) in [6, 6.07) is 0. The highest BCUT2D eigenvalue weighted by atomic mass is 79.9. The summed E-state index contributed by atoms with van der Waals surface area (Å²) in [6.45, 7) is 3.85. The van der Waals surface area contributed by atoms with E-state index in [2.05, 4.69) is 15.9 Å². The van der Waals surface area contributed by atoms with Crippen LogP contribution in [0.4, 0.5) is 0 Å². The van der Waals surface area contributed by atoms with Crippen LogP contribution in [0.1, 0.15) is 26.7 Å². The van der Waals surface area contributed by atoms with Crippen LogP contribution in [0.15, 0.2) is 0 Å². The fourth-order valence-corrected chi connectivity index (χ4v) is 6.12. The number of hydrogen-bond donors (Lipinski definition) is 1. The number of rotatable bonds is 2. The van der Waals surface area contributed by atoms with Crippen LogP contribution in [0.5, 0.6) is 0 Å². The smallest absolute Gasteiger partial charge is 0.265 e. The minimum absolute atomic E-state index is 0.0635. The molecule has 2 saturated carbocycles. The van der Waals surface area contributed by atoms with Gasteiger partial charge in [-0.1, -0.05) is 29.8 Å². The predicted octanol–water partition coefficient (Wildman–Crippen LogP) is 1.64. The monoisotopic (exact) mass is 310 g/mol. The summed E-state index contributed by atoms with van der Waals surface area (Å²) in [7, 11) is -4.12. The first-order chi connectivity index (χ1) is 7.12. The summed E-state index contributed by atoms with van der Waals surface area (Å²) >= 11 is 3.35. The van der Waals surface area contributed by atoms with E-state index in [1.54, 1.807) is 0 Å². The Morgan fingerprint density at radius 3 is 2.44 bits per heavy atom. The van der Waals surface area contributed by atoms with Crippen molar-refractivity contribution < 1.29 is 17.8 Å². The Kier molecular flexibility index (Phi) is 2.58. The van der Waals surface area contributed by atoms with E-state index in [0.29, 0.717) is 6.42 Å². The lowest BCUT2D eigenvalue weighted by molar-refractivity contribution is -0.127. The number of carbonyl (C=O) groups excluding carboxylic acids is 1. The first kappa shape index (κ1) is 12.5. The second-order valence-corrected chi connectivity index (χ2v) is 7.88. The minimum atomic E-state index is -4.12. The van der Waals surface area contributed by atoms with Crippen LogP contribution in [0.3, 0.4) is 0 Å². The lowest BCUT2D eigenvalue weighted by Gasteiger charge is -2.35. The molecule has 2 aliphatic rings. The largest absolute Gasteiger partial charge is 0.298 e. The van der Waals surface area contributed by atoms with E-state index in [-0.39, 0.29) is 21.9 Å². The van der Waals surface area contributed by atoms with Gasteiger partial charge in [0.15, 0.2) is 5.78 Å². The van der Waals surface area contributed by atoms with Gasteiger partial charge in [0.25, 0.3) is 10.1 Å². The quantitative estimate of drug-likeness (QED) is 0.622. The van der Waals surface area contributed by atoms with Crippen molar-refractivity contribution in [3.8, 4) is 0 Å². The number of carbonyl (C=O) groups is 1. The van der Waals surface area contributed by atoms with Gasteiger partial charge in [-0.15, -0.1) is 0 Å². The third-order valence-corrected chi connectivity index (χ3v) is 6.46. The zero-order valence-electron chi connectivity index (χ0n) is 9.23. The molecule has 2 bridgehead atoms. The summed E-state index contributed by atoms with van der Waals surface area (Å²) < 4.78 is 31.2. The lowest BCUT2D eigenvalue weighted by atomic mass is 9.70. The fourth-order valence-electron chi connectivity index (χ4n) is 3.48. The summed E-state index contributed by atoms with van der Waals surface area (Å²) in [6.07, 6.45) is 1.40. The number of hydrogen-bond acceptors (Lipinski definition) is 3. The fraction of sp³-hybridized carbons (Fsp3) is 0.900. The number of halogens is 1. The molecule has 0 aromatic heterocycles. The van der Waals surface area contributed by atoms with Crippen molar-refractivity contribution in [2.45, 2.75) is 31.5 Å². The first-order valence-corrected chi connectivity index (χ1v) is 7.78. The normalized spacial score (nSPS) is 41.6. The molecule has 92 valence electrons. The van der Waals surface area contributed by atoms with Gasteiger partial charge in [0.1, 0.15) is 0 Å². The maximum atomic E-state index is 12.2. The molecule has 0 heterocycles. The Labute approximate surface area is 104 Å². The second-order valence-electron chi connectivity index (χ2n) is 5.44. The van der Waals surface area contributed by atoms with Crippen LogP contribution < -0.4 is 0 Å². The van der Waals surface area contributed by atoms with E-state index in [4.69, 9.17) is 4.55 Å². The van der Waals surface area contributed by atoms with Gasteiger partial charge in [-0.3, -0.25) is 9.35 Å². The van der Waals surface area contributed by atoms with Gasteiger partial charge in [0, 0.05) is 0 Å². The SMILES string of the molecule is CC1(C)[C@H]2CC[C@@]1(CS(=O)(=O)O)C(=O)[C@@H]2Br. The van der Waals surface area contributed by atoms with Gasteiger partial charge in [0.05, 0.1) is 16.0 Å². The summed E-state index contributed by atoms with van der Waals surface area (Å²) in [5.41, 5.74) is -1.27. The van der Waals surface area contributed by atoms with E-state index in [0.717, 1.165) is 6.42 Å². The molecule has 0 amide bonds. The summed E-state index contributed by atoms with van der Waals surface area (Å²) in [5, 5.41) is 0. The molecule has 2 rings (SSSR count). The summed E-state index contributed by atoms with van der Waals surface area (Å²) in [5.74, 6) is -0.335. The third-order valence-electron chi connectivity index (χ3n) is 4.55. The zero-order chi connectivity index (χ0) is 12.4. The van der Waals surface area contributed by atoms with E-state index in [9.17, 15) is 13.2 Å². The van der Waals surface area contributed by atoms with E-state index in [1.165, 1.54) is 0 Å². The van der Waals surface area contributed by atoms with Crippen molar-refractivity contribution in [1.82, 2.24) is 0 Å². The number of fused-ring (bicyclic) bond motifs is 2. The molecule has 2 fully saturated rings. The van der Waals surface area contributed by atoms with Crippen LogP contribution >= 0.6 is 15.9 Å². The molecule has 0 spiro atoms. The minimum Gasteiger partial charge on any atom is -0.298 e. The highest BCUT2D eigenvalue weighted by Gasteiger charge is 2.69. The third kappa shape index (κ3) is 1.42. The average Bonchev–Trinajstić information content (AvgIpc) is 2.39. The number of Topliss-reactive ketones (excluding diaryl/α,β-unsaturated/α-hetero) is 1. The van der Waals surface area contributed by atoms with E-state index in [1.807, 2.05) is 13.8 Å². The van der Waals surface area contributed by atoms with Crippen LogP contribution in [0.25, 0.3) is 0 Å². The maximum absolute atomic E-state index is 12.2. The van der Waals surface area contributed by atoms with Gasteiger partial charge < -0.3 is 0 Å². The number of ketones is 1. The molecule has 4 nitrogen and oxygen atoms in total. The first-order valence-electron chi connectivity index (χ1n) is 5.25. The molecule has 0 aromatic rings. The van der Waals surface area contributed by atoms with Crippen molar-refractivity contribution in [3.05, 3.63) is 0 Å². The Morgan fingerprint density at radius 1 is 1.50 bits per heavy atom. The number of alkyl halides is 1. The Hall–Kier alpha value is 0.0600. The van der Waals surface area contributed by atoms with Gasteiger partial charge in [-0.2, -0.15) is 8.42 Å². The van der Waals surface area contributed by atoms with Crippen molar-refractivity contribution in [3.63, 3.8) is 0 Å². The molecule has 16 heavy (non-hydrogen) atoms. The molecule has 0 aliphatic heterocycles. The Balaban J connectivity index is 2.50. The van der Waals surface area contributed by atoms with Crippen molar-refractivity contribution in [2.75, 3.05) is 5.75 Å².